The van der Waals surface area contributed by atoms with Crippen molar-refractivity contribution in [3.8, 4) is 5.75 Å². The lowest BCUT2D eigenvalue weighted by Gasteiger charge is -2.33. The Morgan fingerprint density at radius 2 is 2.00 bits per heavy atom. The summed E-state index contributed by atoms with van der Waals surface area (Å²) in [7, 11) is -3.02. The van der Waals surface area contributed by atoms with Gasteiger partial charge in [0.25, 0.3) is 0 Å². The predicted octanol–water partition coefficient (Wildman–Crippen LogP) is 2.54. The highest BCUT2D eigenvalue weighted by molar-refractivity contribution is 7.90. The zero-order valence-electron chi connectivity index (χ0n) is 16.1. The number of hydrogen-bond donors (Lipinski definition) is 1. The maximum atomic E-state index is 12.5. The van der Waals surface area contributed by atoms with Crippen molar-refractivity contribution in [2.45, 2.75) is 39.7 Å². The summed E-state index contributed by atoms with van der Waals surface area (Å²) >= 11 is 0. The minimum Gasteiger partial charge on any atom is -0.491 e. The first-order chi connectivity index (χ1) is 12.2. The van der Waals surface area contributed by atoms with E-state index in [4.69, 9.17) is 4.74 Å². The predicted molar refractivity (Wildman–Crippen MR) is 103 cm³/mol. The number of carbonyl (C=O) groups is 1. The van der Waals surface area contributed by atoms with Crippen LogP contribution in [0, 0.1) is 19.8 Å². The lowest BCUT2D eigenvalue weighted by molar-refractivity contribution is 0.162. The van der Waals surface area contributed by atoms with Gasteiger partial charge in [-0.1, -0.05) is 18.2 Å². The van der Waals surface area contributed by atoms with Gasteiger partial charge in [0.05, 0.1) is 11.8 Å². The number of hydrogen-bond acceptors (Lipinski definition) is 4. The van der Waals surface area contributed by atoms with Crippen LogP contribution in [0.1, 0.15) is 30.9 Å². The van der Waals surface area contributed by atoms with E-state index in [-0.39, 0.29) is 23.7 Å². The van der Waals surface area contributed by atoms with Crippen LogP contribution in [-0.4, -0.2) is 57.1 Å². The minimum absolute atomic E-state index is 0.0191. The summed E-state index contributed by atoms with van der Waals surface area (Å²) in [5, 5.41) is 2.95. The molecule has 0 bridgehead atoms. The standard InChI is InChI=1S/C19H30N2O4S/c1-14-7-5-8-15(2)18(14)25-12-16(3)20-19(22)21-10-6-9-17(11-21)13-26(4,23)24/h5,7-8,16-17H,6,9-13H2,1-4H3,(H,20,22)/t16-,17-/m1/s1. The quantitative estimate of drug-likeness (QED) is 0.820. The third-order valence-electron chi connectivity index (χ3n) is 4.60. The molecule has 2 amide bonds. The average molecular weight is 383 g/mol. The van der Waals surface area contributed by atoms with Gasteiger partial charge in [0, 0.05) is 19.3 Å². The average Bonchev–Trinajstić information content (AvgIpc) is 2.53. The minimum atomic E-state index is -3.02. The number of rotatable bonds is 6. The smallest absolute Gasteiger partial charge is 0.317 e. The van der Waals surface area contributed by atoms with Crippen molar-refractivity contribution in [2.75, 3.05) is 31.7 Å². The molecule has 0 aromatic heterocycles. The van der Waals surface area contributed by atoms with Crippen LogP contribution in [0.25, 0.3) is 0 Å². The second kappa shape index (κ2) is 8.75. The third-order valence-corrected chi connectivity index (χ3v) is 5.68. The van der Waals surface area contributed by atoms with E-state index >= 15 is 0 Å². The van der Waals surface area contributed by atoms with Crippen LogP contribution in [0.3, 0.4) is 0 Å². The molecule has 1 saturated heterocycles. The van der Waals surface area contributed by atoms with Gasteiger partial charge in [-0.25, -0.2) is 13.2 Å². The Hall–Kier alpha value is -1.76. The van der Waals surface area contributed by atoms with Crippen molar-refractivity contribution < 1.29 is 17.9 Å². The summed E-state index contributed by atoms with van der Waals surface area (Å²) in [4.78, 5) is 14.2. The summed E-state index contributed by atoms with van der Waals surface area (Å²) in [6, 6.07) is 5.70. The molecule has 6 nitrogen and oxygen atoms in total. The third kappa shape index (κ3) is 6.20. The number of likely N-dealkylation sites (tertiary alicyclic amines) is 1. The molecule has 7 heteroatoms. The zero-order valence-corrected chi connectivity index (χ0v) is 16.9. The number of nitrogens with one attached hydrogen (secondary N) is 1. The van der Waals surface area contributed by atoms with Crippen molar-refractivity contribution in [3.05, 3.63) is 29.3 Å². The highest BCUT2D eigenvalue weighted by Gasteiger charge is 2.26. The number of para-hydroxylation sites is 1. The monoisotopic (exact) mass is 382 g/mol. The van der Waals surface area contributed by atoms with Gasteiger partial charge in [-0.2, -0.15) is 0 Å². The molecule has 0 unspecified atom stereocenters. The summed E-state index contributed by atoms with van der Waals surface area (Å²) in [5.41, 5.74) is 2.14. The Morgan fingerprint density at radius 1 is 1.35 bits per heavy atom. The van der Waals surface area contributed by atoms with Gasteiger partial charge in [0.1, 0.15) is 22.2 Å². The Balaban J connectivity index is 1.84. The number of nitrogens with zero attached hydrogens (tertiary/aromatic N) is 1. The molecular weight excluding hydrogens is 352 g/mol. The molecular formula is C19H30N2O4S. The van der Waals surface area contributed by atoms with E-state index in [0.29, 0.717) is 19.7 Å². The molecule has 0 aliphatic carbocycles. The lowest BCUT2D eigenvalue weighted by Crippen LogP contribution is -2.50. The molecule has 2 atom stereocenters. The number of amides is 2. The molecule has 1 aliphatic heterocycles. The molecule has 146 valence electrons. The van der Waals surface area contributed by atoms with E-state index in [1.165, 1.54) is 6.26 Å². The first-order valence-corrected chi connectivity index (χ1v) is 11.1. The van der Waals surface area contributed by atoms with Crippen LogP contribution in [-0.2, 0) is 9.84 Å². The molecule has 0 spiro atoms. The molecule has 2 rings (SSSR count). The van der Waals surface area contributed by atoms with Crippen molar-refractivity contribution in [1.29, 1.82) is 0 Å². The van der Waals surface area contributed by atoms with Gasteiger partial charge in [-0.05, 0) is 50.7 Å². The molecule has 0 radical (unpaired) electrons. The maximum Gasteiger partial charge on any atom is 0.317 e. The van der Waals surface area contributed by atoms with Crippen LogP contribution in [0.4, 0.5) is 4.79 Å². The number of benzene rings is 1. The second-order valence-electron chi connectivity index (χ2n) is 7.43. The Kier molecular flexibility index (Phi) is 6.92. The van der Waals surface area contributed by atoms with E-state index in [2.05, 4.69) is 5.32 Å². The molecule has 26 heavy (non-hydrogen) atoms. The molecule has 1 heterocycles. The van der Waals surface area contributed by atoms with Crippen LogP contribution < -0.4 is 10.1 Å². The Labute approximate surface area is 156 Å². The van der Waals surface area contributed by atoms with Crippen molar-refractivity contribution in [2.24, 2.45) is 5.92 Å². The highest BCUT2D eigenvalue weighted by atomic mass is 32.2. The van der Waals surface area contributed by atoms with Crippen molar-refractivity contribution in [3.63, 3.8) is 0 Å². The summed E-state index contributed by atoms with van der Waals surface area (Å²) in [6.07, 6.45) is 2.93. The van der Waals surface area contributed by atoms with Crippen molar-refractivity contribution in [1.82, 2.24) is 10.2 Å². The van der Waals surface area contributed by atoms with Gasteiger partial charge in [0.2, 0.25) is 0 Å². The van der Waals surface area contributed by atoms with Gasteiger partial charge >= 0.3 is 6.03 Å². The number of piperidine rings is 1. The van der Waals surface area contributed by atoms with Crippen LogP contribution in [0.15, 0.2) is 18.2 Å². The van der Waals surface area contributed by atoms with E-state index in [0.717, 1.165) is 29.7 Å². The summed E-state index contributed by atoms with van der Waals surface area (Å²) in [6.45, 7) is 7.45. The first-order valence-electron chi connectivity index (χ1n) is 9.08. The number of sulfone groups is 1. The molecule has 1 aromatic carbocycles. The molecule has 0 saturated carbocycles. The highest BCUT2D eigenvalue weighted by Crippen LogP contribution is 2.22. The normalized spacial score (nSPS) is 19.1. The Bertz CT molecular complexity index is 713. The fourth-order valence-electron chi connectivity index (χ4n) is 3.39. The maximum absolute atomic E-state index is 12.5. The second-order valence-corrected chi connectivity index (χ2v) is 9.61. The number of ether oxygens (including phenoxy) is 1. The van der Waals surface area contributed by atoms with Crippen LogP contribution >= 0.6 is 0 Å². The zero-order chi connectivity index (χ0) is 19.3. The SMILES string of the molecule is Cc1cccc(C)c1OC[C@@H](C)NC(=O)N1CCC[C@@H](CS(C)(=O)=O)C1. The number of aryl methyl sites for hydroxylation is 2. The summed E-state index contributed by atoms with van der Waals surface area (Å²) in [5.74, 6) is 1.02. The number of carbonyl (C=O) groups excluding carboxylic acids is 1. The first kappa shape index (κ1) is 20.6. The van der Waals surface area contributed by atoms with E-state index in [9.17, 15) is 13.2 Å². The van der Waals surface area contributed by atoms with E-state index in [1.54, 1.807) is 4.90 Å². The Morgan fingerprint density at radius 3 is 2.62 bits per heavy atom. The van der Waals surface area contributed by atoms with Gasteiger partial charge < -0.3 is 15.0 Å². The molecule has 1 fully saturated rings. The molecule has 1 N–H and O–H groups in total. The fraction of sp³-hybridized carbons (Fsp3) is 0.632. The van der Waals surface area contributed by atoms with Crippen LogP contribution in [0.2, 0.25) is 0 Å². The van der Waals surface area contributed by atoms with Gasteiger partial charge in [-0.3, -0.25) is 0 Å². The van der Waals surface area contributed by atoms with E-state index < -0.39 is 9.84 Å². The fourth-order valence-corrected chi connectivity index (χ4v) is 4.52. The van der Waals surface area contributed by atoms with Crippen molar-refractivity contribution >= 4 is 15.9 Å². The van der Waals surface area contributed by atoms with Gasteiger partial charge in [-0.15, -0.1) is 0 Å². The summed E-state index contributed by atoms with van der Waals surface area (Å²) < 4.78 is 28.9. The molecule has 1 aromatic rings. The van der Waals surface area contributed by atoms with E-state index in [1.807, 2.05) is 39.0 Å². The van der Waals surface area contributed by atoms with Crippen LogP contribution in [0.5, 0.6) is 5.75 Å². The number of urea groups is 1. The topological polar surface area (TPSA) is 75.7 Å². The lowest BCUT2D eigenvalue weighted by atomic mass is 10.0. The molecule has 1 aliphatic rings. The van der Waals surface area contributed by atoms with Gasteiger partial charge in [0.15, 0.2) is 0 Å². The largest absolute Gasteiger partial charge is 0.491 e.